The summed E-state index contributed by atoms with van der Waals surface area (Å²) in [5, 5.41) is 11.2. The number of nitrogens with zero attached hydrogens (tertiary/aromatic N) is 1. The normalized spacial score (nSPS) is 10.6. The number of carbonyl (C=O) groups excluding carboxylic acids is 2. The van der Waals surface area contributed by atoms with E-state index in [-0.39, 0.29) is 22.2 Å². The third-order valence-electron chi connectivity index (χ3n) is 4.10. The van der Waals surface area contributed by atoms with Crippen molar-refractivity contribution in [2.24, 2.45) is 0 Å². The van der Waals surface area contributed by atoms with Gasteiger partial charge in [-0.05, 0) is 42.0 Å². The van der Waals surface area contributed by atoms with Gasteiger partial charge in [0.15, 0.2) is 12.4 Å². The summed E-state index contributed by atoms with van der Waals surface area (Å²) in [4.78, 5) is 34.6. The minimum absolute atomic E-state index is 0.0878. The molecule has 0 N–H and O–H groups in total. The van der Waals surface area contributed by atoms with Crippen LogP contribution >= 0.6 is 11.6 Å². The SMILES string of the molecule is O=C(/C=C/c1ccccc1)OCC(=O)c1ccc(Oc2c(Cl)cccc2[N+](=O)[O-])cc1. The third-order valence-corrected chi connectivity index (χ3v) is 4.39. The minimum atomic E-state index is -0.636. The molecule has 0 heterocycles. The van der Waals surface area contributed by atoms with Crippen molar-refractivity contribution < 1.29 is 24.0 Å². The van der Waals surface area contributed by atoms with Gasteiger partial charge in [-0.15, -0.1) is 0 Å². The van der Waals surface area contributed by atoms with Crippen molar-refractivity contribution in [1.82, 2.24) is 0 Å². The minimum Gasteiger partial charge on any atom is -0.454 e. The Morgan fingerprint density at radius 1 is 0.968 bits per heavy atom. The Bertz CT molecular complexity index is 1130. The van der Waals surface area contributed by atoms with E-state index >= 15 is 0 Å². The number of nitro benzene ring substituents is 1. The summed E-state index contributed by atoms with van der Waals surface area (Å²) in [7, 11) is 0. The van der Waals surface area contributed by atoms with E-state index < -0.39 is 23.3 Å². The first-order valence-electron chi connectivity index (χ1n) is 9.08. The molecule has 0 aliphatic heterocycles. The van der Waals surface area contributed by atoms with Gasteiger partial charge in [-0.2, -0.15) is 0 Å². The molecular weight excluding hydrogens is 422 g/mol. The molecular formula is C23H16ClNO6. The molecule has 156 valence electrons. The van der Waals surface area contributed by atoms with Crippen LogP contribution in [0.1, 0.15) is 15.9 Å². The number of hydrogen-bond acceptors (Lipinski definition) is 6. The van der Waals surface area contributed by atoms with Crippen LogP contribution in [0, 0.1) is 10.1 Å². The van der Waals surface area contributed by atoms with Crippen molar-refractivity contribution in [1.29, 1.82) is 0 Å². The maximum atomic E-state index is 12.2. The molecule has 7 nitrogen and oxygen atoms in total. The van der Waals surface area contributed by atoms with Gasteiger partial charge >= 0.3 is 11.7 Å². The van der Waals surface area contributed by atoms with Crippen LogP contribution in [0.25, 0.3) is 6.08 Å². The molecule has 3 aromatic carbocycles. The van der Waals surface area contributed by atoms with E-state index in [1.54, 1.807) is 6.08 Å². The molecule has 0 atom stereocenters. The molecule has 0 bridgehead atoms. The predicted molar refractivity (Wildman–Crippen MR) is 115 cm³/mol. The Labute approximate surface area is 182 Å². The topological polar surface area (TPSA) is 95.7 Å². The highest BCUT2D eigenvalue weighted by atomic mass is 35.5. The number of rotatable bonds is 8. The molecule has 0 saturated heterocycles. The van der Waals surface area contributed by atoms with E-state index in [1.807, 2.05) is 30.3 Å². The second kappa shape index (κ2) is 10.2. The zero-order chi connectivity index (χ0) is 22.2. The molecule has 31 heavy (non-hydrogen) atoms. The van der Waals surface area contributed by atoms with Crippen molar-refractivity contribution >= 4 is 35.1 Å². The smallest absolute Gasteiger partial charge is 0.331 e. The molecule has 0 spiro atoms. The molecule has 0 aliphatic carbocycles. The molecule has 0 aliphatic rings. The number of carbonyl (C=O) groups is 2. The largest absolute Gasteiger partial charge is 0.454 e. The quantitative estimate of drug-likeness (QED) is 0.152. The average molecular weight is 438 g/mol. The summed E-state index contributed by atoms with van der Waals surface area (Å²) < 4.78 is 10.5. The first-order chi connectivity index (χ1) is 14.9. The number of nitro groups is 1. The lowest BCUT2D eigenvalue weighted by Crippen LogP contribution is -2.12. The molecule has 3 rings (SSSR count). The van der Waals surface area contributed by atoms with Gasteiger partial charge in [-0.3, -0.25) is 14.9 Å². The summed E-state index contributed by atoms with van der Waals surface area (Å²) in [6, 6.07) is 19.3. The second-order valence-electron chi connectivity index (χ2n) is 6.25. The lowest BCUT2D eigenvalue weighted by molar-refractivity contribution is -0.385. The van der Waals surface area contributed by atoms with Gasteiger partial charge in [0.2, 0.25) is 5.75 Å². The van der Waals surface area contributed by atoms with Crippen LogP contribution < -0.4 is 4.74 Å². The molecule has 0 aromatic heterocycles. The van der Waals surface area contributed by atoms with Crippen molar-refractivity contribution in [3.8, 4) is 11.5 Å². The number of para-hydroxylation sites is 1. The second-order valence-corrected chi connectivity index (χ2v) is 6.65. The Balaban J connectivity index is 1.59. The number of ketones is 1. The highest BCUT2D eigenvalue weighted by Crippen LogP contribution is 2.37. The first kappa shape index (κ1) is 21.7. The van der Waals surface area contributed by atoms with Crippen LogP contribution in [0.4, 0.5) is 5.69 Å². The number of halogens is 1. The number of esters is 1. The maximum absolute atomic E-state index is 12.2. The maximum Gasteiger partial charge on any atom is 0.331 e. The summed E-state index contributed by atoms with van der Waals surface area (Å²) >= 11 is 6.00. The fraction of sp³-hybridized carbons (Fsp3) is 0.0435. The molecule has 0 radical (unpaired) electrons. The highest BCUT2D eigenvalue weighted by Gasteiger charge is 2.19. The van der Waals surface area contributed by atoms with Crippen molar-refractivity contribution in [2.75, 3.05) is 6.61 Å². The van der Waals surface area contributed by atoms with E-state index in [1.165, 1.54) is 48.5 Å². The number of benzene rings is 3. The number of hydrogen-bond donors (Lipinski definition) is 0. The van der Waals surface area contributed by atoms with E-state index in [0.29, 0.717) is 5.56 Å². The van der Waals surface area contributed by atoms with Gasteiger partial charge in [-0.1, -0.05) is 48.0 Å². The Kier molecular flexibility index (Phi) is 7.13. The number of Topliss-reactive ketones (excluding diaryl/α,β-unsaturated/α-hetero) is 1. The first-order valence-corrected chi connectivity index (χ1v) is 9.46. The van der Waals surface area contributed by atoms with Gasteiger partial charge in [0, 0.05) is 17.7 Å². The standard InChI is InChI=1S/C23H16ClNO6/c24-19-7-4-8-20(25(28)29)23(19)31-18-12-10-17(11-13-18)21(26)15-30-22(27)14-9-16-5-2-1-3-6-16/h1-14H,15H2/b14-9+. The molecule has 0 fully saturated rings. The zero-order valence-corrected chi connectivity index (χ0v) is 16.8. The molecule has 0 amide bonds. The lowest BCUT2D eigenvalue weighted by atomic mass is 10.1. The van der Waals surface area contributed by atoms with E-state index in [0.717, 1.165) is 5.56 Å². The zero-order valence-electron chi connectivity index (χ0n) is 16.1. The van der Waals surface area contributed by atoms with Gasteiger partial charge in [0.25, 0.3) is 0 Å². The van der Waals surface area contributed by atoms with Gasteiger partial charge in [0.1, 0.15) is 5.75 Å². The van der Waals surface area contributed by atoms with E-state index in [4.69, 9.17) is 21.1 Å². The van der Waals surface area contributed by atoms with Crippen molar-refractivity contribution in [3.05, 3.63) is 105 Å². The fourth-order valence-electron chi connectivity index (χ4n) is 2.57. The van der Waals surface area contributed by atoms with Crippen LogP contribution in [-0.2, 0) is 9.53 Å². The van der Waals surface area contributed by atoms with Gasteiger partial charge < -0.3 is 9.47 Å². The van der Waals surface area contributed by atoms with Crippen LogP contribution in [0.2, 0.25) is 5.02 Å². The van der Waals surface area contributed by atoms with Crippen LogP contribution in [-0.4, -0.2) is 23.3 Å². The lowest BCUT2D eigenvalue weighted by Gasteiger charge is -2.08. The summed E-state index contributed by atoms with van der Waals surface area (Å²) in [6.45, 7) is -0.422. The average Bonchev–Trinajstić information content (AvgIpc) is 2.78. The van der Waals surface area contributed by atoms with E-state index in [9.17, 15) is 19.7 Å². The Morgan fingerprint density at radius 3 is 2.35 bits per heavy atom. The predicted octanol–water partition coefficient (Wildman–Crippen LogP) is 5.48. The molecule has 0 saturated carbocycles. The molecule has 3 aromatic rings. The Hall–Kier alpha value is -3.97. The fourth-order valence-corrected chi connectivity index (χ4v) is 2.77. The summed E-state index contributed by atoms with van der Waals surface area (Å²) in [5.74, 6) is -0.872. The highest BCUT2D eigenvalue weighted by molar-refractivity contribution is 6.32. The van der Waals surface area contributed by atoms with E-state index in [2.05, 4.69) is 0 Å². The third kappa shape index (κ3) is 6.01. The van der Waals surface area contributed by atoms with Crippen molar-refractivity contribution in [2.45, 2.75) is 0 Å². The molecule has 0 unspecified atom stereocenters. The summed E-state index contributed by atoms with van der Waals surface area (Å²) in [5.41, 5.74) is 0.851. The van der Waals surface area contributed by atoms with Crippen LogP contribution in [0.3, 0.4) is 0 Å². The van der Waals surface area contributed by atoms with Gasteiger partial charge in [0.05, 0.1) is 9.95 Å². The number of ether oxygens (including phenoxy) is 2. The Morgan fingerprint density at radius 2 is 1.68 bits per heavy atom. The van der Waals surface area contributed by atoms with Crippen molar-refractivity contribution in [3.63, 3.8) is 0 Å². The van der Waals surface area contributed by atoms with Crippen LogP contribution in [0.15, 0.2) is 78.9 Å². The van der Waals surface area contributed by atoms with Gasteiger partial charge in [-0.25, -0.2) is 4.79 Å². The summed E-state index contributed by atoms with van der Waals surface area (Å²) in [6.07, 6.45) is 2.84. The monoisotopic (exact) mass is 437 g/mol. The van der Waals surface area contributed by atoms with Crippen LogP contribution in [0.5, 0.6) is 11.5 Å². The molecule has 8 heteroatoms.